The molecule has 0 aliphatic rings. The monoisotopic (exact) mass is 230 g/mol. The summed E-state index contributed by atoms with van der Waals surface area (Å²) in [5.74, 6) is 0.977. The second-order valence-corrected chi connectivity index (χ2v) is 4.10. The maximum atomic E-state index is 9.91. The molecule has 3 nitrogen and oxygen atoms in total. The van der Waals surface area contributed by atoms with Crippen LogP contribution in [0.2, 0.25) is 5.02 Å². The van der Waals surface area contributed by atoms with Crippen LogP contribution in [-0.2, 0) is 5.60 Å². The fraction of sp³-hybridized carbons (Fsp3) is 0.455. The zero-order valence-corrected chi connectivity index (χ0v) is 10.1. The number of rotatable bonds is 3. The van der Waals surface area contributed by atoms with Crippen molar-refractivity contribution in [1.82, 2.24) is 0 Å². The highest BCUT2D eigenvalue weighted by molar-refractivity contribution is 6.33. The third kappa shape index (κ3) is 2.36. The maximum Gasteiger partial charge on any atom is 0.147 e. The van der Waals surface area contributed by atoms with Crippen LogP contribution in [0, 0.1) is 0 Å². The van der Waals surface area contributed by atoms with Crippen molar-refractivity contribution in [3.8, 4) is 11.5 Å². The number of methoxy groups -OCH3 is 2. The van der Waals surface area contributed by atoms with Gasteiger partial charge in [-0.3, -0.25) is 0 Å². The summed E-state index contributed by atoms with van der Waals surface area (Å²) >= 11 is 6.06. The van der Waals surface area contributed by atoms with E-state index in [1.807, 2.05) is 0 Å². The zero-order chi connectivity index (χ0) is 11.6. The molecular formula is C11H15ClO3. The van der Waals surface area contributed by atoms with Crippen molar-refractivity contribution < 1.29 is 14.6 Å². The Morgan fingerprint density at radius 3 is 2.20 bits per heavy atom. The smallest absolute Gasteiger partial charge is 0.147 e. The molecular weight excluding hydrogens is 216 g/mol. The molecule has 0 aliphatic heterocycles. The van der Waals surface area contributed by atoms with Gasteiger partial charge in [0.05, 0.1) is 19.8 Å². The van der Waals surface area contributed by atoms with Crippen molar-refractivity contribution in [3.63, 3.8) is 0 Å². The van der Waals surface area contributed by atoms with Gasteiger partial charge in [-0.25, -0.2) is 0 Å². The normalized spacial score (nSPS) is 11.3. The van der Waals surface area contributed by atoms with Gasteiger partial charge in [-0.1, -0.05) is 11.6 Å². The molecule has 0 heterocycles. The van der Waals surface area contributed by atoms with E-state index in [0.29, 0.717) is 22.1 Å². The molecule has 0 amide bonds. The van der Waals surface area contributed by atoms with Crippen LogP contribution in [0.5, 0.6) is 11.5 Å². The molecule has 84 valence electrons. The van der Waals surface area contributed by atoms with Crippen molar-refractivity contribution in [2.24, 2.45) is 0 Å². The summed E-state index contributed by atoms with van der Waals surface area (Å²) in [6, 6.07) is 3.45. The van der Waals surface area contributed by atoms with Crippen LogP contribution in [0.3, 0.4) is 0 Å². The lowest BCUT2D eigenvalue weighted by Crippen LogP contribution is -2.17. The SMILES string of the molecule is COc1ccc(C(C)(C)O)c(OC)c1Cl. The van der Waals surface area contributed by atoms with Crippen LogP contribution >= 0.6 is 11.6 Å². The van der Waals surface area contributed by atoms with Crippen molar-refractivity contribution in [3.05, 3.63) is 22.7 Å². The van der Waals surface area contributed by atoms with E-state index in [4.69, 9.17) is 21.1 Å². The minimum Gasteiger partial charge on any atom is -0.495 e. The van der Waals surface area contributed by atoms with Gasteiger partial charge in [0.15, 0.2) is 0 Å². The fourth-order valence-corrected chi connectivity index (χ4v) is 1.70. The molecule has 0 fully saturated rings. The highest BCUT2D eigenvalue weighted by atomic mass is 35.5. The molecule has 0 saturated heterocycles. The van der Waals surface area contributed by atoms with Gasteiger partial charge < -0.3 is 14.6 Å². The van der Waals surface area contributed by atoms with Crippen LogP contribution in [0.15, 0.2) is 12.1 Å². The van der Waals surface area contributed by atoms with E-state index in [2.05, 4.69) is 0 Å². The van der Waals surface area contributed by atoms with Crippen LogP contribution in [-0.4, -0.2) is 19.3 Å². The van der Waals surface area contributed by atoms with Crippen molar-refractivity contribution in [1.29, 1.82) is 0 Å². The summed E-state index contributed by atoms with van der Waals surface area (Å²) in [6.45, 7) is 3.35. The molecule has 1 aromatic rings. The lowest BCUT2D eigenvalue weighted by molar-refractivity contribution is 0.0756. The minimum atomic E-state index is -0.999. The van der Waals surface area contributed by atoms with E-state index in [1.165, 1.54) is 14.2 Å². The molecule has 15 heavy (non-hydrogen) atoms. The summed E-state index contributed by atoms with van der Waals surface area (Å²) < 4.78 is 10.2. The van der Waals surface area contributed by atoms with Crippen molar-refractivity contribution in [2.75, 3.05) is 14.2 Å². The Hall–Kier alpha value is -0.930. The lowest BCUT2D eigenvalue weighted by Gasteiger charge is -2.22. The predicted octanol–water partition coefficient (Wildman–Crippen LogP) is 2.58. The summed E-state index contributed by atoms with van der Waals surface area (Å²) in [5, 5.41) is 10.3. The number of hydrogen-bond donors (Lipinski definition) is 1. The molecule has 1 N–H and O–H groups in total. The molecule has 0 radical (unpaired) electrons. The molecule has 0 saturated carbocycles. The molecule has 0 spiro atoms. The summed E-state index contributed by atoms with van der Waals surface area (Å²) in [5.41, 5.74) is -0.364. The Balaban J connectivity index is 3.38. The van der Waals surface area contributed by atoms with E-state index >= 15 is 0 Å². The van der Waals surface area contributed by atoms with Gasteiger partial charge in [0.2, 0.25) is 0 Å². The first-order chi connectivity index (χ1) is 6.91. The number of halogens is 1. The average molecular weight is 231 g/mol. The van der Waals surface area contributed by atoms with Gasteiger partial charge in [0.1, 0.15) is 16.5 Å². The largest absolute Gasteiger partial charge is 0.495 e. The first-order valence-corrected chi connectivity index (χ1v) is 4.93. The second kappa shape index (κ2) is 4.29. The quantitative estimate of drug-likeness (QED) is 0.868. The zero-order valence-electron chi connectivity index (χ0n) is 9.30. The standard InChI is InChI=1S/C11H15ClO3/c1-11(2,13)7-5-6-8(14-3)9(12)10(7)15-4/h5-6,13H,1-4H3. The minimum absolute atomic E-state index is 0.375. The summed E-state index contributed by atoms with van der Waals surface area (Å²) in [6.07, 6.45) is 0. The van der Waals surface area contributed by atoms with Crippen LogP contribution in [0.1, 0.15) is 19.4 Å². The Labute approximate surface area is 94.6 Å². The van der Waals surface area contributed by atoms with Gasteiger partial charge in [-0.2, -0.15) is 0 Å². The molecule has 4 heteroatoms. The Morgan fingerprint density at radius 1 is 1.20 bits per heavy atom. The van der Waals surface area contributed by atoms with Crippen LogP contribution < -0.4 is 9.47 Å². The molecule has 0 aromatic heterocycles. The predicted molar refractivity (Wildman–Crippen MR) is 59.8 cm³/mol. The van der Waals surface area contributed by atoms with Gasteiger partial charge in [-0.05, 0) is 26.0 Å². The molecule has 1 rings (SSSR count). The molecule has 0 unspecified atom stereocenters. The highest BCUT2D eigenvalue weighted by Crippen LogP contribution is 2.40. The van der Waals surface area contributed by atoms with Crippen LogP contribution in [0.4, 0.5) is 0 Å². The molecule has 0 aliphatic carbocycles. The molecule has 1 aromatic carbocycles. The Bertz CT molecular complexity index is 356. The summed E-state index contributed by atoms with van der Waals surface area (Å²) in [4.78, 5) is 0. The van der Waals surface area contributed by atoms with E-state index in [9.17, 15) is 5.11 Å². The molecule has 0 bridgehead atoms. The Kier molecular flexibility index (Phi) is 3.47. The van der Waals surface area contributed by atoms with Crippen LogP contribution in [0.25, 0.3) is 0 Å². The topological polar surface area (TPSA) is 38.7 Å². The van der Waals surface area contributed by atoms with Gasteiger partial charge in [0, 0.05) is 5.56 Å². The molecule has 0 atom stereocenters. The van der Waals surface area contributed by atoms with Gasteiger partial charge in [0.25, 0.3) is 0 Å². The summed E-state index contributed by atoms with van der Waals surface area (Å²) in [7, 11) is 3.04. The van der Waals surface area contributed by atoms with Gasteiger partial charge >= 0.3 is 0 Å². The van der Waals surface area contributed by atoms with E-state index in [0.717, 1.165) is 0 Å². The van der Waals surface area contributed by atoms with E-state index in [1.54, 1.807) is 26.0 Å². The first-order valence-electron chi connectivity index (χ1n) is 4.55. The van der Waals surface area contributed by atoms with E-state index < -0.39 is 5.60 Å². The second-order valence-electron chi connectivity index (χ2n) is 3.72. The van der Waals surface area contributed by atoms with Crippen molar-refractivity contribution in [2.45, 2.75) is 19.4 Å². The average Bonchev–Trinajstić information content (AvgIpc) is 2.15. The fourth-order valence-electron chi connectivity index (χ4n) is 1.38. The third-order valence-electron chi connectivity index (χ3n) is 2.14. The van der Waals surface area contributed by atoms with Crippen molar-refractivity contribution >= 4 is 11.6 Å². The number of benzene rings is 1. The maximum absolute atomic E-state index is 9.91. The van der Waals surface area contributed by atoms with E-state index in [-0.39, 0.29) is 0 Å². The number of hydrogen-bond acceptors (Lipinski definition) is 3. The first kappa shape index (κ1) is 12.1. The van der Waals surface area contributed by atoms with Gasteiger partial charge in [-0.15, -0.1) is 0 Å². The lowest BCUT2D eigenvalue weighted by atomic mass is 9.97. The third-order valence-corrected chi connectivity index (χ3v) is 2.50. The number of aliphatic hydroxyl groups is 1. The Morgan fingerprint density at radius 2 is 1.80 bits per heavy atom. The number of ether oxygens (including phenoxy) is 2. The highest BCUT2D eigenvalue weighted by Gasteiger charge is 2.24.